The standard InChI is InChI=1S/C15H23N3O3/c1-10-6-11(2)8-12(7-10)18-14(19)9-13(15(20)21)17-5-3-4-16/h6-8,13,17H,3-5,9,16H2,1-2H3,(H,18,19)(H,20,21)/t13-/m0/s1. The Balaban J connectivity index is 2.58. The normalized spacial score (nSPS) is 12.0. The van der Waals surface area contributed by atoms with Crippen LogP contribution in [0.4, 0.5) is 5.69 Å². The van der Waals surface area contributed by atoms with Gasteiger partial charge >= 0.3 is 5.97 Å². The van der Waals surface area contributed by atoms with Gasteiger partial charge in [0, 0.05) is 5.69 Å². The van der Waals surface area contributed by atoms with Gasteiger partial charge in [0.05, 0.1) is 6.42 Å². The summed E-state index contributed by atoms with van der Waals surface area (Å²) in [7, 11) is 0. The molecule has 6 heteroatoms. The predicted molar refractivity (Wildman–Crippen MR) is 82.3 cm³/mol. The Bertz CT molecular complexity index is 483. The summed E-state index contributed by atoms with van der Waals surface area (Å²) in [6.45, 7) is 4.84. The monoisotopic (exact) mass is 293 g/mol. The number of anilines is 1. The first-order valence-electron chi connectivity index (χ1n) is 6.96. The number of carboxylic acids is 1. The lowest BCUT2D eigenvalue weighted by Gasteiger charge is -2.14. The van der Waals surface area contributed by atoms with Crippen LogP contribution in [0.5, 0.6) is 0 Å². The van der Waals surface area contributed by atoms with Crippen molar-refractivity contribution in [3.05, 3.63) is 29.3 Å². The summed E-state index contributed by atoms with van der Waals surface area (Å²) in [4.78, 5) is 23.1. The van der Waals surface area contributed by atoms with Crippen LogP contribution < -0.4 is 16.4 Å². The van der Waals surface area contributed by atoms with Crippen molar-refractivity contribution in [2.24, 2.45) is 5.73 Å². The van der Waals surface area contributed by atoms with Gasteiger partial charge in [-0.25, -0.2) is 0 Å². The number of aryl methyl sites for hydroxylation is 2. The van der Waals surface area contributed by atoms with Crippen LogP contribution in [0, 0.1) is 13.8 Å². The van der Waals surface area contributed by atoms with Crippen LogP contribution >= 0.6 is 0 Å². The molecule has 1 amide bonds. The van der Waals surface area contributed by atoms with Gasteiger partial charge in [0.1, 0.15) is 6.04 Å². The van der Waals surface area contributed by atoms with Crippen molar-refractivity contribution in [1.29, 1.82) is 0 Å². The molecule has 0 radical (unpaired) electrons. The molecule has 0 unspecified atom stereocenters. The molecular weight excluding hydrogens is 270 g/mol. The molecule has 0 saturated heterocycles. The van der Waals surface area contributed by atoms with Gasteiger partial charge in [0.25, 0.3) is 0 Å². The molecule has 0 saturated carbocycles. The number of rotatable bonds is 8. The van der Waals surface area contributed by atoms with E-state index in [0.29, 0.717) is 25.2 Å². The van der Waals surface area contributed by atoms with E-state index in [2.05, 4.69) is 10.6 Å². The van der Waals surface area contributed by atoms with E-state index < -0.39 is 12.0 Å². The highest BCUT2D eigenvalue weighted by Crippen LogP contribution is 2.14. The molecule has 0 fully saturated rings. The second kappa shape index (κ2) is 8.39. The summed E-state index contributed by atoms with van der Waals surface area (Å²) in [5.74, 6) is -1.37. The largest absolute Gasteiger partial charge is 0.480 e. The Kier molecular flexibility index (Phi) is 6.84. The Labute approximate surface area is 124 Å². The first kappa shape index (κ1) is 17.1. The van der Waals surface area contributed by atoms with Crippen LogP contribution in [-0.4, -0.2) is 36.1 Å². The smallest absolute Gasteiger partial charge is 0.321 e. The minimum atomic E-state index is -1.04. The number of carbonyl (C=O) groups excluding carboxylic acids is 1. The highest BCUT2D eigenvalue weighted by molar-refractivity contribution is 5.94. The molecule has 0 aromatic heterocycles. The van der Waals surface area contributed by atoms with E-state index >= 15 is 0 Å². The zero-order valence-corrected chi connectivity index (χ0v) is 12.5. The summed E-state index contributed by atoms with van der Waals surface area (Å²) >= 11 is 0. The topological polar surface area (TPSA) is 104 Å². The van der Waals surface area contributed by atoms with Crippen LogP contribution in [0.25, 0.3) is 0 Å². The molecule has 0 bridgehead atoms. The number of benzene rings is 1. The molecule has 0 heterocycles. The van der Waals surface area contributed by atoms with E-state index in [-0.39, 0.29) is 12.3 Å². The van der Waals surface area contributed by atoms with E-state index in [1.54, 1.807) is 0 Å². The van der Waals surface area contributed by atoms with Crippen molar-refractivity contribution in [2.75, 3.05) is 18.4 Å². The number of aliphatic carboxylic acids is 1. The fourth-order valence-corrected chi connectivity index (χ4v) is 2.07. The number of hydrogen-bond acceptors (Lipinski definition) is 4. The Morgan fingerprint density at radius 1 is 1.24 bits per heavy atom. The minimum Gasteiger partial charge on any atom is -0.480 e. The van der Waals surface area contributed by atoms with Gasteiger partial charge in [0.2, 0.25) is 5.91 Å². The second-order valence-electron chi connectivity index (χ2n) is 5.12. The number of carbonyl (C=O) groups is 2. The summed E-state index contributed by atoms with van der Waals surface area (Å²) in [6.07, 6.45) is 0.551. The zero-order valence-electron chi connectivity index (χ0n) is 12.5. The molecule has 1 aromatic carbocycles. The highest BCUT2D eigenvalue weighted by Gasteiger charge is 2.20. The first-order valence-corrected chi connectivity index (χ1v) is 6.96. The van der Waals surface area contributed by atoms with E-state index in [1.165, 1.54) is 0 Å². The maximum atomic E-state index is 11.9. The molecule has 1 aromatic rings. The maximum absolute atomic E-state index is 11.9. The van der Waals surface area contributed by atoms with Gasteiger partial charge in [-0.1, -0.05) is 6.07 Å². The third kappa shape index (κ3) is 6.37. The molecule has 5 N–H and O–H groups in total. The third-order valence-electron chi connectivity index (χ3n) is 2.96. The fourth-order valence-electron chi connectivity index (χ4n) is 2.07. The molecule has 1 rings (SSSR count). The van der Waals surface area contributed by atoms with Gasteiger partial charge in [-0.3, -0.25) is 9.59 Å². The van der Waals surface area contributed by atoms with Gasteiger partial charge in [-0.15, -0.1) is 0 Å². The van der Waals surface area contributed by atoms with Crippen LogP contribution in [0.1, 0.15) is 24.0 Å². The Hall–Kier alpha value is -1.92. The number of nitrogens with two attached hydrogens (primary N) is 1. The van der Waals surface area contributed by atoms with Gasteiger partial charge in [-0.05, 0) is 56.6 Å². The number of amides is 1. The maximum Gasteiger partial charge on any atom is 0.321 e. The molecule has 1 atom stereocenters. The average molecular weight is 293 g/mol. The predicted octanol–water partition coefficient (Wildman–Crippen LogP) is 1.02. The molecule has 0 aliphatic heterocycles. The molecule has 0 spiro atoms. The molecule has 0 aliphatic carbocycles. The number of carboxylic acid groups (broad SMARTS) is 1. The highest BCUT2D eigenvalue weighted by atomic mass is 16.4. The zero-order chi connectivity index (χ0) is 15.8. The summed E-state index contributed by atoms with van der Waals surface area (Å²) < 4.78 is 0. The van der Waals surface area contributed by atoms with Crippen LogP contribution in [0.15, 0.2) is 18.2 Å². The van der Waals surface area contributed by atoms with Crippen LogP contribution in [0.2, 0.25) is 0 Å². The molecule has 116 valence electrons. The van der Waals surface area contributed by atoms with E-state index in [9.17, 15) is 9.59 Å². The average Bonchev–Trinajstić information content (AvgIpc) is 2.36. The minimum absolute atomic E-state index is 0.118. The van der Waals surface area contributed by atoms with E-state index in [0.717, 1.165) is 11.1 Å². The SMILES string of the molecule is Cc1cc(C)cc(NC(=O)C[C@H](NCCCN)C(=O)O)c1. The lowest BCUT2D eigenvalue weighted by Crippen LogP contribution is -2.40. The fraction of sp³-hybridized carbons (Fsp3) is 0.467. The van der Waals surface area contributed by atoms with Gasteiger partial charge < -0.3 is 21.5 Å². The van der Waals surface area contributed by atoms with Crippen molar-refractivity contribution < 1.29 is 14.7 Å². The van der Waals surface area contributed by atoms with Crippen molar-refractivity contribution >= 4 is 17.6 Å². The quantitative estimate of drug-likeness (QED) is 0.536. The van der Waals surface area contributed by atoms with Gasteiger partial charge in [-0.2, -0.15) is 0 Å². The van der Waals surface area contributed by atoms with E-state index in [4.69, 9.17) is 10.8 Å². The van der Waals surface area contributed by atoms with Crippen LogP contribution in [0.3, 0.4) is 0 Å². The van der Waals surface area contributed by atoms with Crippen molar-refractivity contribution in [3.63, 3.8) is 0 Å². The Morgan fingerprint density at radius 3 is 2.38 bits per heavy atom. The number of nitrogens with one attached hydrogen (secondary N) is 2. The van der Waals surface area contributed by atoms with E-state index in [1.807, 2.05) is 32.0 Å². The lowest BCUT2D eigenvalue weighted by atomic mass is 10.1. The third-order valence-corrected chi connectivity index (χ3v) is 2.96. The van der Waals surface area contributed by atoms with Gasteiger partial charge in [0.15, 0.2) is 0 Å². The summed E-state index contributed by atoms with van der Waals surface area (Å²) in [5, 5.41) is 14.7. The van der Waals surface area contributed by atoms with Crippen molar-refractivity contribution in [3.8, 4) is 0 Å². The summed E-state index contributed by atoms with van der Waals surface area (Å²) in [5.41, 5.74) is 8.13. The Morgan fingerprint density at radius 2 is 1.86 bits per heavy atom. The van der Waals surface area contributed by atoms with Crippen molar-refractivity contribution in [1.82, 2.24) is 5.32 Å². The molecule has 6 nitrogen and oxygen atoms in total. The number of hydrogen-bond donors (Lipinski definition) is 4. The lowest BCUT2D eigenvalue weighted by molar-refractivity contribution is -0.141. The van der Waals surface area contributed by atoms with Crippen LogP contribution in [-0.2, 0) is 9.59 Å². The first-order chi connectivity index (χ1) is 9.92. The van der Waals surface area contributed by atoms with Crippen molar-refractivity contribution in [2.45, 2.75) is 32.7 Å². The summed E-state index contributed by atoms with van der Waals surface area (Å²) in [6, 6.07) is 4.80. The molecule has 21 heavy (non-hydrogen) atoms. The second-order valence-corrected chi connectivity index (χ2v) is 5.12. The molecule has 0 aliphatic rings. The molecular formula is C15H23N3O3.